The molecule has 0 saturated heterocycles. The molecule has 4 heteroatoms. The van der Waals surface area contributed by atoms with Crippen LogP contribution in [0.25, 0.3) is 0 Å². The summed E-state index contributed by atoms with van der Waals surface area (Å²) in [6.07, 6.45) is 7.44. The van der Waals surface area contributed by atoms with Crippen molar-refractivity contribution in [2.75, 3.05) is 0 Å². The largest absolute Gasteiger partial charge is 0.339 e. The monoisotopic (exact) mass is 292 g/mol. The third kappa shape index (κ3) is 3.92. The molecule has 1 aliphatic carbocycles. The molecule has 0 radical (unpaired) electrons. The van der Waals surface area contributed by atoms with E-state index in [4.69, 9.17) is 4.52 Å². The van der Waals surface area contributed by atoms with Crippen molar-refractivity contribution >= 4 is 5.78 Å². The van der Waals surface area contributed by atoms with E-state index in [1.807, 2.05) is 13.8 Å². The summed E-state index contributed by atoms with van der Waals surface area (Å²) in [4.78, 5) is 16.3. The molecule has 0 aromatic carbocycles. The fourth-order valence-electron chi connectivity index (χ4n) is 3.59. The highest BCUT2D eigenvalue weighted by molar-refractivity contribution is 5.82. The van der Waals surface area contributed by atoms with Crippen LogP contribution in [-0.2, 0) is 4.79 Å². The van der Waals surface area contributed by atoms with Crippen LogP contribution in [0.4, 0.5) is 0 Å². The summed E-state index contributed by atoms with van der Waals surface area (Å²) in [5.74, 6) is 2.63. The molecule has 0 amide bonds. The van der Waals surface area contributed by atoms with Crippen LogP contribution >= 0.6 is 0 Å². The zero-order valence-electron chi connectivity index (χ0n) is 13.8. The van der Waals surface area contributed by atoms with Crippen molar-refractivity contribution in [2.24, 2.45) is 11.8 Å². The van der Waals surface area contributed by atoms with Crippen molar-refractivity contribution < 1.29 is 9.32 Å². The van der Waals surface area contributed by atoms with Crippen LogP contribution in [-0.4, -0.2) is 15.9 Å². The number of nitrogens with zero attached hydrogens (tertiary/aromatic N) is 2. The number of hydrogen-bond acceptors (Lipinski definition) is 4. The molecule has 1 atom stereocenters. The number of hydrogen-bond donors (Lipinski definition) is 0. The first-order valence-electron chi connectivity index (χ1n) is 8.36. The van der Waals surface area contributed by atoms with Gasteiger partial charge in [0.1, 0.15) is 5.78 Å². The molecular weight excluding hydrogens is 264 g/mol. The quantitative estimate of drug-likeness (QED) is 0.776. The second-order valence-corrected chi connectivity index (χ2v) is 6.83. The Labute approximate surface area is 127 Å². The molecule has 1 aliphatic rings. The Morgan fingerprint density at radius 2 is 1.95 bits per heavy atom. The van der Waals surface area contributed by atoms with E-state index < -0.39 is 0 Å². The molecule has 118 valence electrons. The Morgan fingerprint density at radius 1 is 1.29 bits per heavy atom. The minimum atomic E-state index is -0.261. The lowest BCUT2D eigenvalue weighted by atomic mass is 9.80. The maximum absolute atomic E-state index is 11.8. The van der Waals surface area contributed by atoms with Gasteiger partial charge in [-0.1, -0.05) is 38.8 Å². The van der Waals surface area contributed by atoms with Crippen molar-refractivity contribution in [3.63, 3.8) is 0 Å². The molecule has 0 N–H and O–H groups in total. The number of ketones is 1. The third-order valence-electron chi connectivity index (χ3n) is 4.74. The molecule has 1 aromatic heterocycles. The van der Waals surface area contributed by atoms with E-state index in [1.54, 1.807) is 6.92 Å². The van der Waals surface area contributed by atoms with Crippen LogP contribution in [0.1, 0.15) is 89.8 Å². The van der Waals surface area contributed by atoms with Crippen LogP contribution in [0, 0.1) is 11.8 Å². The smallest absolute Gasteiger partial charge is 0.237 e. The van der Waals surface area contributed by atoms with E-state index in [1.165, 1.54) is 25.7 Å². The molecule has 2 rings (SSSR count). The van der Waals surface area contributed by atoms with E-state index in [0.29, 0.717) is 11.8 Å². The predicted molar refractivity (Wildman–Crippen MR) is 82.2 cm³/mol. The summed E-state index contributed by atoms with van der Waals surface area (Å²) in [6, 6.07) is 0. The third-order valence-corrected chi connectivity index (χ3v) is 4.74. The van der Waals surface area contributed by atoms with E-state index >= 15 is 0 Å². The average molecular weight is 292 g/mol. The summed E-state index contributed by atoms with van der Waals surface area (Å²) in [5.41, 5.74) is 0. The van der Waals surface area contributed by atoms with Crippen molar-refractivity contribution in [3.8, 4) is 0 Å². The summed E-state index contributed by atoms with van der Waals surface area (Å²) in [6.45, 7) is 7.90. The molecule has 1 unspecified atom stereocenters. The highest BCUT2D eigenvalue weighted by atomic mass is 16.5. The first-order valence-corrected chi connectivity index (χ1v) is 8.36. The van der Waals surface area contributed by atoms with E-state index in [9.17, 15) is 4.79 Å². The molecule has 0 aliphatic heterocycles. The molecule has 0 spiro atoms. The van der Waals surface area contributed by atoms with Gasteiger partial charge in [0.25, 0.3) is 0 Å². The van der Waals surface area contributed by atoms with E-state index in [0.717, 1.165) is 24.6 Å². The first-order chi connectivity index (χ1) is 10.0. The topological polar surface area (TPSA) is 56.0 Å². The van der Waals surface area contributed by atoms with Gasteiger partial charge in [-0.25, -0.2) is 0 Å². The van der Waals surface area contributed by atoms with Gasteiger partial charge in [0.2, 0.25) is 5.89 Å². The van der Waals surface area contributed by atoms with Crippen molar-refractivity contribution in [1.29, 1.82) is 0 Å². The maximum atomic E-state index is 11.8. The lowest BCUT2D eigenvalue weighted by molar-refractivity contribution is -0.119. The lowest BCUT2D eigenvalue weighted by Crippen LogP contribution is -2.17. The van der Waals surface area contributed by atoms with Crippen LogP contribution in [0.2, 0.25) is 0 Å². The highest BCUT2D eigenvalue weighted by Gasteiger charge is 2.30. The molecule has 1 heterocycles. The second-order valence-electron chi connectivity index (χ2n) is 6.83. The summed E-state index contributed by atoms with van der Waals surface area (Å²) < 4.78 is 5.40. The number of carbonyl (C=O) groups excluding carboxylic acids is 1. The Hall–Kier alpha value is -1.19. The summed E-state index contributed by atoms with van der Waals surface area (Å²) in [5, 5.41) is 4.16. The SMILES string of the molecule is CCCC1CCC(c2noc(C(C(C)=O)C(C)C)n2)CC1. The van der Waals surface area contributed by atoms with E-state index in [-0.39, 0.29) is 17.6 Å². The van der Waals surface area contributed by atoms with Crippen molar-refractivity contribution in [2.45, 2.75) is 78.1 Å². The van der Waals surface area contributed by atoms with E-state index in [2.05, 4.69) is 17.1 Å². The van der Waals surface area contributed by atoms with Gasteiger partial charge in [0.05, 0.1) is 5.92 Å². The van der Waals surface area contributed by atoms with Crippen LogP contribution in [0.15, 0.2) is 4.52 Å². The molecular formula is C17H28N2O2. The van der Waals surface area contributed by atoms with Gasteiger partial charge in [-0.2, -0.15) is 4.98 Å². The van der Waals surface area contributed by atoms with Gasteiger partial charge in [0.15, 0.2) is 5.82 Å². The maximum Gasteiger partial charge on any atom is 0.237 e. The Bertz CT molecular complexity index is 459. The average Bonchev–Trinajstić information content (AvgIpc) is 2.88. The molecule has 0 bridgehead atoms. The summed E-state index contributed by atoms with van der Waals surface area (Å²) >= 11 is 0. The Kier molecular flexibility index (Phi) is 5.54. The molecule has 4 nitrogen and oxygen atoms in total. The number of carbonyl (C=O) groups is 1. The number of Topliss-reactive ketones (excluding diaryl/α,β-unsaturated/α-hetero) is 1. The number of aromatic nitrogens is 2. The predicted octanol–water partition coefficient (Wildman–Crippen LogP) is 4.47. The van der Waals surface area contributed by atoms with Gasteiger partial charge >= 0.3 is 0 Å². The van der Waals surface area contributed by atoms with Crippen LogP contribution < -0.4 is 0 Å². The van der Waals surface area contributed by atoms with Gasteiger partial charge in [-0.15, -0.1) is 0 Å². The van der Waals surface area contributed by atoms with Crippen molar-refractivity contribution in [1.82, 2.24) is 10.1 Å². The zero-order chi connectivity index (χ0) is 15.4. The molecule has 21 heavy (non-hydrogen) atoms. The standard InChI is InChI=1S/C17H28N2O2/c1-5-6-13-7-9-14(10-8-13)16-18-17(21-19-16)15(11(2)3)12(4)20/h11,13-15H,5-10H2,1-4H3. The van der Waals surface area contributed by atoms with Crippen LogP contribution in [0.5, 0.6) is 0 Å². The van der Waals surface area contributed by atoms with Crippen LogP contribution in [0.3, 0.4) is 0 Å². The Balaban J connectivity index is 2.02. The summed E-state index contributed by atoms with van der Waals surface area (Å²) in [7, 11) is 0. The molecule has 1 saturated carbocycles. The lowest BCUT2D eigenvalue weighted by Gasteiger charge is -2.26. The van der Waals surface area contributed by atoms with Gasteiger partial charge in [0, 0.05) is 5.92 Å². The highest BCUT2D eigenvalue weighted by Crippen LogP contribution is 2.37. The fraction of sp³-hybridized carbons (Fsp3) is 0.824. The van der Waals surface area contributed by atoms with Gasteiger partial charge in [-0.05, 0) is 44.4 Å². The zero-order valence-corrected chi connectivity index (χ0v) is 13.8. The van der Waals surface area contributed by atoms with Crippen molar-refractivity contribution in [3.05, 3.63) is 11.7 Å². The minimum absolute atomic E-state index is 0.104. The van der Waals surface area contributed by atoms with Gasteiger partial charge < -0.3 is 4.52 Å². The molecule has 1 aromatic rings. The Morgan fingerprint density at radius 3 is 2.48 bits per heavy atom. The first kappa shape index (κ1) is 16.2. The number of rotatable bonds is 6. The fourth-order valence-corrected chi connectivity index (χ4v) is 3.59. The molecule has 1 fully saturated rings. The second kappa shape index (κ2) is 7.19. The van der Waals surface area contributed by atoms with Gasteiger partial charge in [-0.3, -0.25) is 4.79 Å². The normalized spacial score (nSPS) is 24.2. The minimum Gasteiger partial charge on any atom is -0.339 e.